The second-order valence-electron chi connectivity index (χ2n) is 5.41. The van der Waals surface area contributed by atoms with Crippen molar-refractivity contribution in [2.24, 2.45) is 0 Å². The maximum atomic E-state index is 12.5. The van der Waals surface area contributed by atoms with Crippen molar-refractivity contribution in [3.8, 4) is 11.1 Å². The first-order chi connectivity index (χ1) is 12.3. The van der Waals surface area contributed by atoms with Crippen LogP contribution in [0, 0.1) is 6.92 Å². The molecule has 0 fully saturated rings. The maximum absolute atomic E-state index is 12.5. The van der Waals surface area contributed by atoms with Gasteiger partial charge >= 0.3 is 11.9 Å². The van der Waals surface area contributed by atoms with Crippen molar-refractivity contribution >= 4 is 45.8 Å². The number of carboxylic acid groups (broad SMARTS) is 1. The molecule has 2 N–H and O–H groups in total. The lowest BCUT2D eigenvalue weighted by atomic mass is 10.0. The minimum Gasteiger partial charge on any atom is -0.481 e. The first-order valence-corrected chi connectivity index (χ1v) is 9.11. The summed E-state index contributed by atoms with van der Waals surface area (Å²) in [6, 6.07) is 7.05. The van der Waals surface area contributed by atoms with Crippen LogP contribution in [-0.4, -0.2) is 29.6 Å². The van der Waals surface area contributed by atoms with Gasteiger partial charge < -0.3 is 15.2 Å². The Bertz CT molecular complexity index is 846. The fraction of sp³-hybridized carbons (Fsp3) is 0.278. The fourth-order valence-electron chi connectivity index (χ4n) is 2.43. The number of ether oxygens (including phenoxy) is 1. The third-order valence-corrected chi connectivity index (χ3v) is 4.75. The van der Waals surface area contributed by atoms with Crippen LogP contribution in [0.4, 0.5) is 5.00 Å². The Morgan fingerprint density at radius 3 is 2.62 bits per heavy atom. The van der Waals surface area contributed by atoms with Crippen molar-refractivity contribution in [2.75, 3.05) is 11.9 Å². The van der Waals surface area contributed by atoms with Gasteiger partial charge in [-0.05, 0) is 31.5 Å². The van der Waals surface area contributed by atoms with Crippen molar-refractivity contribution in [1.29, 1.82) is 0 Å². The van der Waals surface area contributed by atoms with Gasteiger partial charge in [-0.1, -0.05) is 23.7 Å². The monoisotopic (exact) mass is 395 g/mol. The quantitative estimate of drug-likeness (QED) is 0.679. The van der Waals surface area contributed by atoms with Crippen LogP contribution in [0.15, 0.2) is 24.3 Å². The minimum atomic E-state index is -1.06. The van der Waals surface area contributed by atoms with E-state index >= 15 is 0 Å². The average Bonchev–Trinajstić information content (AvgIpc) is 2.89. The number of amides is 1. The van der Waals surface area contributed by atoms with E-state index in [4.69, 9.17) is 21.4 Å². The lowest BCUT2D eigenvalue weighted by molar-refractivity contribution is -0.138. The first kappa shape index (κ1) is 19.9. The highest BCUT2D eigenvalue weighted by Gasteiger charge is 2.25. The van der Waals surface area contributed by atoms with Gasteiger partial charge in [0.2, 0.25) is 5.91 Å². The van der Waals surface area contributed by atoms with E-state index in [1.54, 1.807) is 25.1 Å². The van der Waals surface area contributed by atoms with Crippen molar-refractivity contribution in [2.45, 2.75) is 26.7 Å². The van der Waals surface area contributed by atoms with Gasteiger partial charge in [0.05, 0.1) is 13.0 Å². The van der Waals surface area contributed by atoms with E-state index in [9.17, 15) is 14.4 Å². The van der Waals surface area contributed by atoms with Gasteiger partial charge in [-0.15, -0.1) is 11.3 Å². The molecule has 0 bridgehead atoms. The zero-order chi connectivity index (χ0) is 19.3. The van der Waals surface area contributed by atoms with E-state index in [-0.39, 0.29) is 25.0 Å². The first-order valence-electron chi connectivity index (χ1n) is 7.91. The Morgan fingerprint density at radius 2 is 2.00 bits per heavy atom. The number of carbonyl (C=O) groups is 3. The Kier molecular flexibility index (Phi) is 6.76. The largest absolute Gasteiger partial charge is 0.481 e. The standard InChI is InChI=1S/C18H18ClNO5S/c1-3-25-18(24)16-15(11-5-4-6-12(19)9-11)10(2)26-17(16)20-13(21)7-8-14(22)23/h4-6,9H,3,7-8H2,1-2H3,(H,20,21)(H,22,23). The molecule has 2 rings (SSSR count). The second-order valence-corrected chi connectivity index (χ2v) is 7.07. The highest BCUT2D eigenvalue weighted by atomic mass is 35.5. The number of nitrogens with one attached hydrogen (secondary N) is 1. The number of carboxylic acids is 1. The van der Waals surface area contributed by atoms with Crippen LogP contribution in [0.3, 0.4) is 0 Å². The van der Waals surface area contributed by atoms with Gasteiger partial charge in [-0.2, -0.15) is 0 Å². The molecule has 0 aliphatic heterocycles. The summed E-state index contributed by atoms with van der Waals surface area (Å²) >= 11 is 7.30. The van der Waals surface area contributed by atoms with Crippen molar-refractivity contribution in [3.63, 3.8) is 0 Å². The molecule has 1 heterocycles. The highest BCUT2D eigenvalue weighted by molar-refractivity contribution is 7.17. The number of aryl methyl sites for hydroxylation is 1. The number of benzene rings is 1. The summed E-state index contributed by atoms with van der Waals surface area (Å²) in [5.41, 5.74) is 1.63. The maximum Gasteiger partial charge on any atom is 0.341 e. The number of halogens is 1. The highest BCUT2D eigenvalue weighted by Crippen LogP contribution is 2.41. The molecule has 2 aromatic rings. The van der Waals surface area contributed by atoms with Gasteiger partial charge in [-0.25, -0.2) is 4.79 Å². The van der Waals surface area contributed by atoms with Crippen LogP contribution >= 0.6 is 22.9 Å². The van der Waals surface area contributed by atoms with Gasteiger partial charge in [0.25, 0.3) is 0 Å². The zero-order valence-corrected chi connectivity index (χ0v) is 15.9. The van der Waals surface area contributed by atoms with Crippen LogP contribution in [0.5, 0.6) is 0 Å². The summed E-state index contributed by atoms with van der Waals surface area (Å²) in [6.07, 6.45) is -0.465. The van der Waals surface area contributed by atoms with Gasteiger partial charge in [0.15, 0.2) is 0 Å². The number of aliphatic carboxylic acids is 1. The molecule has 0 aliphatic carbocycles. The van der Waals surface area contributed by atoms with Crippen molar-refractivity contribution in [3.05, 3.63) is 39.7 Å². The number of anilines is 1. The third-order valence-electron chi connectivity index (χ3n) is 3.50. The molecule has 26 heavy (non-hydrogen) atoms. The number of carbonyl (C=O) groups excluding carboxylic acids is 2. The summed E-state index contributed by atoms with van der Waals surface area (Å²) in [4.78, 5) is 36.0. The van der Waals surface area contributed by atoms with Crippen LogP contribution in [0.1, 0.15) is 35.0 Å². The molecule has 0 aliphatic rings. The van der Waals surface area contributed by atoms with E-state index in [1.165, 1.54) is 11.3 Å². The molecule has 1 aromatic carbocycles. The topological polar surface area (TPSA) is 92.7 Å². The molecule has 1 aromatic heterocycles. The molecule has 0 saturated heterocycles. The molecule has 0 spiro atoms. The smallest absolute Gasteiger partial charge is 0.341 e. The van der Waals surface area contributed by atoms with E-state index in [2.05, 4.69) is 5.32 Å². The van der Waals surface area contributed by atoms with Crippen LogP contribution in [0.2, 0.25) is 5.02 Å². The predicted octanol–water partition coefficient (Wildman–Crippen LogP) is 4.36. The normalized spacial score (nSPS) is 10.4. The second kappa shape index (κ2) is 8.82. The molecular weight excluding hydrogens is 378 g/mol. The number of thiophene rings is 1. The van der Waals surface area contributed by atoms with E-state index < -0.39 is 17.8 Å². The molecule has 138 valence electrons. The van der Waals surface area contributed by atoms with Gasteiger partial charge in [0.1, 0.15) is 10.6 Å². The number of esters is 1. The van der Waals surface area contributed by atoms with E-state index in [0.717, 1.165) is 10.4 Å². The molecule has 8 heteroatoms. The number of hydrogen-bond acceptors (Lipinski definition) is 5. The van der Waals surface area contributed by atoms with Gasteiger partial charge in [0, 0.05) is 21.9 Å². The Labute approximate surface area is 159 Å². The summed E-state index contributed by atoms with van der Waals surface area (Å²) in [6.45, 7) is 3.72. The third kappa shape index (κ3) is 4.83. The van der Waals surface area contributed by atoms with Crippen LogP contribution in [0.25, 0.3) is 11.1 Å². The summed E-state index contributed by atoms with van der Waals surface area (Å²) in [5, 5.41) is 12.2. The molecule has 6 nitrogen and oxygen atoms in total. The van der Waals surface area contributed by atoms with E-state index in [0.29, 0.717) is 15.6 Å². The Balaban J connectivity index is 2.45. The lowest BCUT2D eigenvalue weighted by Crippen LogP contribution is -2.15. The Morgan fingerprint density at radius 1 is 1.27 bits per heavy atom. The fourth-order valence-corrected chi connectivity index (χ4v) is 3.70. The molecular formula is C18H18ClNO5S. The molecule has 0 radical (unpaired) electrons. The zero-order valence-electron chi connectivity index (χ0n) is 14.3. The number of hydrogen-bond donors (Lipinski definition) is 2. The minimum absolute atomic E-state index is 0.180. The average molecular weight is 396 g/mol. The van der Waals surface area contributed by atoms with E-state index in [1.807, 2.05) is 13.0 Å². The molecule has 1 amide bonds. The van der Waals surface area contributed by atoms with Gasteiger partial charge in [-0.3, -0.25) is 9.59 Å². The SMILES string of the molecule is CCOC(=O)c1c(NC(=O)CCC(=O)O)sc(C)c1-c1cccc(Cl)c1. The lowest BCUT2D eigenvalue weighted by Gasteiger charge is -2.09. The molecule has 0 saturated carbocycles. The van der Waals surface area contributed by atoms with Crippen LogP contribution < -0.4 is 5.32 Å². The van der Waals surface area contributed by atoms with Crippen molar-refractivity contribution in [1.82, 2.24) is 0 Å². The Hall–Kier alpha value is -2.38. The van der Waals surface area contributed by atoms with Crippen molar-refractivity contribution < 1.29 is 24.2 Å². The summed E-state index contributed by atoms with van der Waals surface area (Å²) in [5.74, 6) is -2.09. The summed E-state index contributed by atoms with van der Waals surface area (Å²) < 4.78 is 5.14. The predicted molar refractivity (Wildman–Crippen MR) is 101 cm³/mol. The number of rotatable bonds is 7. The molecule has 0 unspecified atom stereocenters. The summed E-state index contributed by atoms with van der Waals surface area (Å²) in [7, 11) is 0. The molecule has 0 atom stereocenters. The van der Waals surface area contributed by atoms with Crippen LogP contribution in [-0.2, 0) is 14.3 Å².